The molecule has 1 fully saturated rings. The van der Waals surface area contributed by atoms with Gasteiger partial charge >= 0.3 is 0 Å². The van der Waals surface area contributed by atoms with Crippen molar-refractivity contribution in [1.82, 2.24) is 14.9 Å². The second kappa shape index (κ2) is 4.45. The minimum Gasteiger partial charge on any atom is -0.354 e. The summed E-state index contributed by atoms with van der Waals surface area (Å²) >= 11 is 3.33. The highest BCUT2D eigenvalue weighted by atomic mass is 79.9. The van der Waals surface area contributed by atoms with E-state index in [2.05, 4.69) is 42.7 Å². The van der Waals surface area contributed by atoms with E-state index >= 15 is 0 Å². The number of likely N-dealkylation sites (N-methyl/N-ethyl adjacent to an activating group) is 1. The first kappa shape index (κ1) is 10.8. The number of rotatable bonds is 1. The molecule has 0 spiro atoms. The van der Waals surface area contributed by atoms with Gasteiger partial charge in [-0.3, -0.25) is 0 Å². The number of halogens is 1. The van der Waals surface area contributed by atoms with Crippen molar-refractivity contribution in [2.45, 2.75) is 6.92 Å². The molecule has 2 rings (SSSR count). The lowest BCUT2D eigenvalue weighted by Crippen LogP contribution is -2.44. The molecule has 0 amide bonds. The fraction of sp³-hybridized carbons (Fsp3) is 0.600. The first-order valence-electron chi connectivity index (χ1n) is 5.10. The van der Waals surface area contributed by atoms with Crippen LogP contribution < -0.4 is 4.90 Å². The quantitative estimate of drug-likeness (QED) is 0.721. The SMILES string of the molecule is Cc1cc(N2CCN(C)CC2)nc(Br)n1. The van der Waals surface area contributed by atoms with Crippen molar-refractivity contribution in [2.24, 2.45) is 0 Å². The van der Waals surface area contributed by atoms with E-state index in [1.54, 1.807) is 0 Å². The van der Waals surface area contributed by atoms with Crippen molar-refractivity contribution in [1.29, 1.82) is 0 Å². The Morgan fingerprint density at radius 3 is 2.47 bits per heavy atom. The molecule has 0 atom stereocenters. The van der Waals surface area contributed by atoms with E-state index in [-0.39, 0.29) is 0 Å². The van der Waals surface area contributed by atoms with Gasteiger partial charge in [-0.2, -0.15) is 0 Å². The van der Waals surface area contributed by atoms with Gasteiger partial charge in [0, 0.05) is 37.9 Å². The smallest absolute Gasteiger partial charge is 0.198 e. The minimum absolute atomic E-state index is 0.677. The maximum Gasteiger partial charge on any atom is 0.198 e. The van der Waals surface area contributed by atoms with Gasteiger partial charge in [0.1, 0.15) is 5.82 Å². The average Bonchev–Trinajstić information content (AvgIpc) is 2.17. The Morgan fingerprint density at radius 1 is 1.20 bits per heavy atom. The molecule has 1 saturated heterocycles. The van der Waals surface area contributed by atoms with Gasteiger partial charge in [0.15, 0.2) is 4.73 Å². The maximum absolute atomic E-state index is 4.40. The molecule has 0 saturated carbocycles. The van der Waals surface area contributed by atoms with Crippen LogP contribution in [0, 0.1) is 6.92 Å². The molecule has 82 valence electrons. The molecular formula is C10H15BrN4. The molecule has 1 aromatic heterocycles. The summed E-state index contributed by atoms with van der Waals surface area (Å²) in [4.78, 5) is 13.2. The van der Waals surface area contributed by atoms with Crippen LogP contribution in [0.1, 0.15) is 5.69 Å². The number of aromatic nitrogens is 2. The average molecular weight is 271 g/mol. The van der Waals surface area contributed by atoms with Crippen molar-refractivity contribution >= 4 is 21.7 Å². The number of nitrogens with zero attached hydrogens (tertiary/aromatic N) is 4. The van der Waals surface area contributed by atoms with Gasteiger partial charge in [-0.25, -0.2) is 9.97 Å². The number of hydrogen-bond acceptors (Lipinski definition) is 4. The van der Waals surface area contributed by atoms with E-state index in [0.717, 1.165) is 37.7 Å². The summed E-state index contributed by atoms with van der Waals surface area (Å²) in [5.41, 5.74) is 1.01. The van der Waals surface area contributed by atoms with Crippen molar-refractivity contribution in [3.63, 3.8) is 0 Å². The molecule has 1 aromatic rings. The lowest BCUT2D eigenvalue weighted by atomic mass is 10.3. The topological polar surface area (TPSA) is 32.3 Å². The zero-order valence-electron chi connectivity index (χ0n) is 9.07. The third-order valence-corrected chi connectivity index (χ3v) is 3.00. The second-order valence-electron chi connectivity index (χ2n) is 3.93. The van der Waals surface area contributed by atoms with E-state index in [1.807, 2.05) is 13.0 Å². The standard InChI is InChI=1S/C10H15BrN4/c1-8-7-9(13-10(11)12-8)15-5-3-14(2)4-6-15/h7H,3-6H2,1-2H3. The number of hydrogen-bond donors (Lipinski definition) is 0. The highest BCUT2D eigenvalue weighted by molar-refractivity contribution is 9.10. The summed E-state index contributed by atoms with van der Waals surface area (Å²) in [6, 6.07) is 2.04. The third kappa shape index (κ3) is 2.66. The van der Waals surface area contributed by atoms with Crippen LogP contribution in [0.2, 0.25) is 0 Å². The molecule has 4 nitrogen and oxygen atoms in total. The van der Waals surface area contributed by atoms with Crippen molar-refractivity contribution < 1.29 is 0 Å². The van der Waals surface area contributed by atoms with E-state index in [1.165, 1.54) is 0 Å². The molecule has 0 bridgehead atoms. The van der Waals surface area contributed by atoms with Crippen LogP contribution in [0.25, 0.3) is 0 Å². The van der Waals surface area contributed by atoms with Crippen LogP contribution >= 0.6 is 15.9 Å². The highest BCUT2D eigenvalue weighted by Crippen LogP contribution is 2.16. The van der Waals surface area contributed by atoms with E-state index < -0.39 is 0 Å². The van der Waals surface area contributed by atoms with E-state index in [0.29, 0.717) is 4.73 Å². The van der Waals surface area contributed by atoms with Crippen LogP contribution in [0.4, 0.5) is 5.82 Å². The third-order valence-electron chi connectivity index (χ3n) is 2.64. The zero-order valence-corrected chi connectivity index (χ0v) is 10.7. The van der Waals surface area contributed by atoms with Gasteiger partial charge in [-0.1, -0.05) is 0 Å². The van der Waals surface area contributed by atoms with Gasteiger partial charge < -0.3 is 9.80 Å². The summed E-state index contributed by atoms with van der Waals surface area (Å²) in [6.45, 7) is 6.27. The Bertz CT molecular complexity index is 327. The summed E-state index contributed by atoms with van der Waals surface area (Å²) in [5, 5.41) is 0. The first-order chi connectivity index (χ1) is 7.15. The van der Waals surface area contributed by atoms with Crippen molar-refractivity contribution in [2.75, 3.05) is 38.1 Å². The molecule has 0 aromatic carbocycles. The number of anilines is 1. The first-order valence-corrected chi connectivity index (χ1v) is 5.89. The van der Waals surface area contributed by atoms with Crippen molar-refractivity contribution in [3.8, 4) is 0 Å². The summed E-state index contributed by atoms with van der Waals surface area (Å²) in [6.07, 6.45) is 0. The molecule has 0 aliphatic carbocycles. The maximum atomic E-state index is 4.40. The normalized spacial score (nSPS) is 18.2. The van der Waals surface area contributed by atoms with Gasteiger partial charge in [-0.15, -0.1) is 0 Å². The number of piperazine rings is 1. The predicted octanol–water partition coefficient (Wildman–Crippen LogP) is 1.30. The molecule has 5 heteroatoms. The Labute approximate surface area is 98.4 Å². The van der Waals surface area contributed by atoms with Crippen molar-refractivity contribution in [3.05, 3.63) is 16.5 Å². The Hall–Kier alpha value is -0.680. The molecule has 15 heavy (non-hydrogen) atoms. The molecule has 0 unspecified atom stereocenters. The van der Waals surface area contributed by atoms with Crippen LogP contribution in [-0.4, -0.2) is 48.1 Å². The number of aryl methyl sites for hydroxylation is 1. The molecule has 1 aliphatic heterocycles. The second-order valence-corrected chi connectivity index (χ2v) is 4.64. The van der Waals surface area contributed by atoms with Crippen LogP contribution in [0.5, 0.6) is 0 Å². The lowest BCUT2D eigenvalue weighted by molar-refractivity contribution is 0.312. The lowest BCUT2D eigenvalue weighted by Gasteiger charge is -2.33. The van der Waals surface area contributed by atoms with E-state index in [9.17, 15) is 0 Å². The molecule has 1 aliphatic rings. The molecule has 0 radical (unpaired) electrons. The van der Waals surface area contributed by atoms with Crippen LogP contribution in [-0.2, 0) is 0 Å². The monoisotopic (exact) mass is 270 g/mol. The summed E-state index contributed by atoms with van der Waals surface area (Å²) in [7, 11) is 2.15. The largest absolute Gasteiger partial charge is 0.354 e. The van der Waals surface area contributed by atoms with Gasteiger partial charge in [0.05, 0.1) is 0 Å². The van der Waals surface area contributed by atoms with E-state index in [4.69, 9.17) is 0 Å². The molecule has 0 N–H and O–H groups in total. The summed E-state index contributed by atoms with van der Waals surface area (Å²) in [5.74, 6) is 1.03. The Kier molecular flexibility index (Phi) is 3.21. The molecule has 2 heterocycles. The zero-order chi connectivity index (χ0) is 10.8. The fourth-order valence-corrected chi connectivity index (χ4v) is 2.18. The van der Waals surface area contributed by atoms with Gasteiger partial charge in [0.25, 0.3) is 0 Å². The minimum atomic E-state index is 0.677. The fourth-order valence-electron chi connectivity index (χ4n) is 1.71. The van der Waals surface area contributed by atoms with Gasteiger partial charge in [-0.05, 0) is 29.9 Å². The van der Waals surface area contributed by atoms with Gasteiger partial charge in [0.2, 0.25) is 0 Å². The predicted molar refractivity (Wildman–Crippen MR) is 64.2 cm³/mol. The van der Waals surface area contributed by atoms with Crippen LogP contribution in [0.15, 0.2) is 10.8 Å². The Morgan fingerprint density at radius 2 is 1.87 bits per heavy atom. The Balaban J connectivity index is 2.15. The summed E-state index contributed by atoms with van der Waals surface area (Å²) < 4.78 is 0.677. The van der Waals surface area contributed by atoms with Crippen LogP contribution in [0.3, 0.4) is 0 Å². The highest BCUT2D eigenvalue weighted by Gasteiger charge is 2.15. The molecular weight excluding hydrogens is 256 g/mol.